The van der Waals surface area contributed by atoms with Crippen LogP contribution in [-0.4, -0.2) is 21.8 Å². The van der Waals surface area contributed by atoms with Crippen LogP contribution in [0.3, 0.4) is 0 Å². The van der Waals surface area contributed by atoms with E-state index in [1.165, 1.54) is 6.92 Å². The zero-order chi connectivity index (χ0) is 10.5. The third-order valence-electron chi connectivity index (χ3n) is 2.26. The predicted octanol–water partition coefficient (Wildman–Crippen LogP) is 2.04. The van der Waals surface area contributed by atoms with Gasteiger partial charge in [-0.25, -0.2) is 4.79 Å². The summed E-state index contributed by atoms with van der Waals surface area (Å²) in [7, 11) is 0. The molecule has 0 bridgehead atoms. The number of hydrogen-bond donors (Lipinski definition) is 2. The molecule has 0 rings (SSSR count). The maximum Gasteiger partial charge on any atom is 0.335 e. The van der Waals surface area contributed by atoms with Crippen LogP contribution in [-0.2, 0) is 4.79 Å². The van der Waals surface area contributed by atoms with Gasteiger partial charge in [-0.05, 0) is 19.3 Å². The van der Waals surface area contributed by atoms with Gasteiger partial charge in [0.2, 0.25) is 0 Å². The van der Waals surface area contributed by atoms with Gasteiger partial charge in [-0.1, -0.05) is 33.1 Å². The highest BCUT2D eigenvalue weighted by Crippen LogP contribution is 2.21. The molecule has 0 spiro atoms. The van der Waals surface area contributed by atoms with E-state index in [1.54, 1.807) is 0 Å². The summed E-state index contributed by atoms with van der Waals surface area (Å²) in [4.78, 5) is 10.6. The Bertz CT molecular complexity index is 164. The molecule has 78 valence electrons. The van der Waals surface area contributed by atoms with E-state index in [9.17, 15) is 9.90 Å². The molecule has 0 aliphatic carbocycles. The second-order valence-electron chi connectivity index (χ2n) is 4.03. The molecule has 2 N–H and O–H groups in total. The smallest absolute Gasteiger partial charge is 0.335 e. The Morgan fingerprint density at radius 2 is 2.08 bits per heavy atom. The van der Waals surface area contributed by atoms with Crippen molar-refractivity contribution in [3.8, 4) is 0 Å². The number of carbonyl (C=O) groups is 1. The first kappa shape index (κ1) is 12.4. The van der Waals surface area contributed by atoms with E-state index in [4.69, 9.17) is 5.11 Å². The van der Waals surface area contributed by atoms with Crippen molar-refractivity contribution in [3.63, 3.8) is 0 Å². The van der Waals surface area contributed by atoms with Crippen LogP contribution in [0.25, 0.3) is 0 Å². The fraction of sp³-hybridized carbons (Fsp3) is 0.900. The second-order valence-corrected chi connectivity index (χ2v) is 4.03. The van der Waals surface area contributed by atoms with Crippen molar-refractivity contribution in [1.82, 2.24) is 0 Å². The Balaban J connectivity index is 3.89. The standard InChI is InChI=1S/C10H20O3/c1-4-5-6-8(2)7-10(3,13)9(11)12/h8,13H,4-7H2,1-3H3,(H,11,12). The van der Waals surface area contributed by atoms with E-state index in [-0.39, 0.29) is 5.92 Å². The summed E-state index contributed by atoms with van der Waals surface area (Å²) in [5.74, 6) is -0.859. The number of aliphatic carboxylic acids is 1. The van der Waals surface area contributed by atoms with Crippen molar-refractivity contribution >= 4 is 5.97 Å². The Labute approximate surface area is 79.8 Å². The van der Waals surface area contributed by atoms with Crippen LogP contribution in [0, 0.1) is 5.92 Å². The van der Waals surface area contributed by atoms with E-state index < -0.39 is 11.6 Å². The highest BCUT2D eigenvalue weighted by Gasteiger charge is 2.31. The summed E-state index contributed by atoms with van der Waals surface area (Å²) in [6.07, 6.45) is 3.53. The van der Waals surface area contributed by atoms with Crippen LogP contribution in [0.4, 0.5) is 0 Å². The quantitative estimate of drug-likeness (QED) is 0.670. The minimum atomic E-state index is -1.56. The number of carboxylic acids is 1. The van der Waals surface area contributed by atoms with Crippen LogP contribution in [0.5, 0.6) is 0 Å². The lowest BCUT2D eigenvalue weighted by molar-refractivity contribution is -0.158. The van der Waals surface area contributed by atoms with Gasteiger partial charge in [0, 0.05) is 0 Å². The first-order chi connectivity index (χ1) is 5.90. The average molecular weight is 188 g/mol. The molecule has 0 heterocycles. The SMILES string of the molecule is CCCCC(C)CC(C)(O)C(=O)O. The fourth-order valence-corrected chi connectivity index (χ4v) is 1.42. The molecule has 0 aliphatic rings. The molecule has 3 nitrogen and oxygen atoms in total. The van der Waals surface area contributed by atoms with Crippen molar-refractivity contribution in [2.24, 2.45) is 5.92 Å². The van der Waals surface area contributed by atoms with Crippen molar-refractivity contribution in [3.05, 3.63) is 0 Å². The summed E-state index contributed by atoms with van der Waals surface area (Å²) in [6.45, 7) is 5.44. The highest BCUT2D eigenvalue weighted by molar-refractivity contribution is 5.76. The summed E-state index contributed by atoms with van der Waals surface area (Å²) in [6, 6.07) is 0. The number of hydrogen-bond acceptors (Lipinski definition) is 2. The van der Waals surface area contributed by atoms with Crippen LogP contribution in [0.2, 0.25) is 0 Å². The first-order valence-corrected chi connectivity index (χ1v) is 4.86. The van der Waals surface area contributed by atoms with Gasteiger partial charge in [-0.2, -0.15) is 0 Å². The lowest BCUT2D eigenvalue weighted by Crippen LogP contribution is -2.36. The predicted molar refractivity (Wildman–Crippen MR) is 51.6 cm³/mol. The van der Waals surface area contributed by atoms with Gasteiger partial charge >= 0.3 is 5.97 Å². The molecule has 2 atom stereocenters. The van der Waals surface area contributed by atoms with Crippen LogP contribution >= 0.6 is 0 Å². The van der Waals surface area contributed by atoms with Crippen molar-refractivity contribution in [2.45, 2.75) is 52.1 Å². The molecule has 0 saturated carbocycles. The molecule has 0 aromatic heterocycles. The van der Waals surface area contributed by atoms with Crippen molar-refractivity contribution in [2.75, 3.05) is 0 Å². The van der Waals surface area contributed by atoms with Gasteiger partial charge in [0.05, 0.1) is 0 Å². The average Bonchev–Trinajstić information content (AvgIpc) is 1.99. The third-order valence-corrected chi connectivity index (χ3v) is 2.26. The van der Waals surface area contributed by atoms with Gasteiger partial charge in [0.25, 0.3) is 0 Å². The Morgan fingerprint density at radius 3 is 2.46 bits per heavy atom. The van der Waals surface area contributed by atoms with Gasteiger partial charge in [-0.3, -0.25) is 0 Å². The molecule has 3 heteroatoms. The number of unbranched alkanes of at least 4 members (excludes halogenated alkanes) is 1. The normalized spacial score (nSPS) is 17.8. The van der Waals surface area contributed by atoms with Gasteiger partial charge in [0.15, 0.2) is 5.60 Å². The topological polar surface area (TPSA) is 57.5 Å². The Kier molecular flexibility index (Phi) is 4.99. The molecular formula is C10H20O3. The lowest BCUT2D eigenvalue weighted by atomic mass is 9.90. The zero-order valence-electron chi connectivity index (χ0n) is 8.71. The lowest BCUT2D eigenvalue weighted by Gasteiger charge is -2.21. The van der Waals surface area contributed by atoms with Gasteiger partial charge < -0.3 is 10.2 Å². The van der Waals surface area contributed by atoms with Crippen LogP contribution in [0.1, 0.15) is 46.5 Å². The maximum absolute atomic E-state index is 10.6. The molecule has 0 amide bonds. The molecule has 0 fully saturated rings. The van der Waals surface area contributed by atoms with Gasteiger partial charge in [-0.15, -0.1) is 0 Å². The monoisotopic (exact) mass is 188 g/mol. The highest BCUT2D eigenvalue weighted by atomic mass is 16.4. The number of rotatable bonds is 6. The van der Waals surface area contributed by atoms with E-state index in [1.807, 2.05) is 6.92 Å². The minimum absolute atomic E-state index is 0.269. The van der Waals surface area contributed by atoms with Gasteiger partial charge in [0.1, 0.15) is 0 Å². The van der Waals surface area contributed by atoms with E-state index in [2.05, 4.69) is 6.92 Å². The van der Waals surface area contributed by atoms with E-state index in [0.717, 1.165) is 19.3 Å². The summed E-state index contributed by atoms with van der Waals surface area (Å²) in [5.41, 5.74) is -1.56. The van der Waals surface area contributed by atoms with Crippen molar-refractivity contribution in [1.29, 1.82) is 0 Å². The maximum atomic E-state index is 10.6. The molecule has 0 saturated heterocycles. The fourth-order valence-electron chi connectivity index (χ4n) is 1.42. The molecule has 0 radical (unpaired) electrons. The molecule has 13 heavy (non-hydrogen) atoms. The van der Waals surface area contributed by atoms with E-state index >= 15 is 0 Å². The largest absolute Gasteiger partial charge is 0.479 e. The number of aliphatic hydroxyl groups is 1. The summed E-state index contributed by atoms with van der Waals surface area (Å²) >= 11 is 0. The first-order valence-electron chi connectivity index (χ1n) is 4.86. The minimum Gasteiger partial charge on any atom is -0.479 e. The molecular weight excluding hydrogens is 168 g/mol. The van der Waals surface area contributed by atoms with Crippen LogP contribution < -0.4 is 0 Å². The zero-order valence-corrected chi connectivity index (χ0v) is 8.71. The Hall–Kier alpha value is -0.570. The summed E-state index contributed by atoms with van der Waals surface area (Å²) < 4.78 is 0. The molecule has 0 aliphatic heterocycles. The molecule has 2 unspecified atom stereocenters. The van der Waals surface area contributed by atoms with Crippen molar-refractivity contribution < 1.29 is 15.0 Å². The second kappa shape index (κ2) is 5.22. The summed E-state index contributed by atoms with van der Waals surface area (Å²) in [5, 5.41) is 18.1. The van der Waals surface area contributed by atoms with Crippen LogP contribution in [0.15, 0.2) is 0 Å². The molecule has 0 aromatic rings. The third kappa shape index (κ3) is 4.88. The molecule has 0 aromatic carbocycles. The van der Waals surface area contributed by atoms with E-state index in [0.29, 0.717) is 6.42 Å². The number of carboxylic acid groups (broad SMARTS) is 1. The Morgan fingerprint density at radius 1 is 1.54 bits per heavy atom.